The lowest BCUT2D eigenvalue weighted by molar-refractivity contribution is -0.385. The van der Waals surface area contributed by atoms with Crippen molar-refractivity contribution >= 4 is 52.1 Å². The molecule has 0 unspecified atom stereocenters. The molecule has 0 aliphatic carbocycles. The SMILES string of the molecule is O=C(COC(=O)c1ccc(Cl)cc1[N+](=O)[O-])Nc1cc(Cl)ccc1[N+](=O)[O-]. The standard InChI is InChI=1S/C15H9Cl2N3O7/c16-8-2-4-12(19(23)24)11(5-8)18-14(21)7-27-15(22)10-3-1-9(17)6-13(10)20(25)26/h1-6H,7H2,(H,18,21). The lowest BCUT2D eigenvalue weighted by Crippen LogP contribution is -2.21. The molecule has 2 rings (SSSR count). The second-order valence-electron chi connectivity index (χ2n) is 4.96. The maximum absolute atomic E-state index is 12.0. The lowest BCUT2D eigenvalue weighted by Gasteiger charge is -2.08. The molecule has 0 heterocycles. The second kappa shape index (κ2) is 8.43. The van der Waals surface area contributed by atoms with E-state index in [1.54, 1.807) is 0 Å². The van der Waals surface area contributed by atoms with Gasteiger partial charge >= 0.3 is 5.97 Å². The van der Waals surface area contributed by atoms with E-state index in [9.17, 15) is 29.8 Å². The summed E-state index contributed by atoms with van der Waals surface area (Å²) in [5, 5.41) is 24.3. The molecular weight excluding hydrogens is 405 g/mol. The molecule has 27 heavy (non-hydrogen) atoms. The summed E-state index contributed by atoms with van der Waals surface area (Å²) in [6, 6.07) is 6.83. The molecule has 2 aromatic carbocycles. The Morgan fingerprint density at radius 1 is 0.963 bits per heavy atom. The Morgan fingerprint density at radius 3 is 2.19 bits per heavy atom. The number of nitro groups is 2. The molecule has 0 fully saturated rings. The van der Waals surface area contributed by atoms with E-state index in [4.69, 9.17) is 27.9 Å². The number of hydrogen-bond donors (Lipinski definition) is 1. The first-order valence-corrected chi connectivity index (χ1v) is 7.79. The molecule has 0 radical (unpaired) electrons. The summed E-state index contributed by atoms with van der Waals surface area (Å²) in [6.07, 6.45) is 0. The summed E-state index contributed by atoms with van der Waals surface area (Å²) in [6.45, 7) is -0.831. The summed E-state index contributed by atoms with van der Waals surface area (Å²) in [5.74, 6) is -2.03. The third kappa shape index (κ3) is 5.12. The number of esters is 1. The van der Waals surface area contributed by atoms with E-state index in [1.807, 2.05) is 0 Å². The van der Waals surface area contributed by atoms with Gasteiger partial charge in [0.2, 0.25) is 0 Å². The zero-order chi connectivity index (χ0) is 20.1. The van der Waals surface area contributed by atoms with Crippen molar-refractivity contribution in [2.75, 3.05) is 11.9 Å². The van der Waals surface area contributed by atoms with Gasteiger partial charge in [-0.2, -0.15) is 0 Å². The van der Waals surface area contributed by atoms with Gasteiger partial charge in [-0.25, -0.2) is 4.79 Å². The van der Waals surface area contributed by atoms with Crippen LogP contribution in [0.25, 0.3) is 0 Å². The highest BCUT2D eigenvalue weighted by Gasteiger charge is 2.23. The number of carbonyl (C=O) groups is 2. The summed E-state index contributed by atoms with van der Waals surface area (Å²) < 4.78 is 4.72. The second-order valence-corrected chi connectivity index (χ2v) is 5.83. The molecule has 0 saturated heterocycles. The number of nitrogens with zero attached hydrogens (tertiary/aromatic N) is 2. The van der Waals surface area contributed by atoms with Crippen molar-refractivity contribution < 1.29 is 24.2 Å². The predicted octanol–water partition coefficient (Wildman–Crippen LogP) is 3.61. The molecule has 1 amide bonds. The highest BCUT2D eigenvalue weighted by Crippen LogP contribution is 2.28. The first-order valence-electron chi connectivity index (χ1n) is 7.04. The number of halogens is 2. The first-order chi connectivity index (χ1) is 12.7. The minimum atomic E-state index is -1.13. The zero-order valence-corrected chi connectivity index (χ0v) is 14.7. The van der Waals surface area contributed by atoms with E-state index < -0.39 is 45.3 Å². The van der Waals surface area contributed by atoms with E-state index in [2.05, 4.69) is 5.32 Å². The van der Waals surface area contributed by atoms with Crippen molar-refractivity contribution in [3.05, 3.63) is 72.2 Å². The largest absolute Gasteiger partial charge is 0.452 e. The van der Waals surface area contributed by atoms with Crippen molar-refractivity contribution in [2.45, 2.75) is 0 Å². The van der Waals surface area contributed by atoms with E-state index in [0.717, 1.165) is 24.3 Å². The fraction of sp³-hybridized carbons (Fsp3) is 0.0667. The van der Waals surface area contributed by atoms with Crippen LogP contribution in [0.15, 0.2) is 36.4 Å². The van der Waals surface area contributed by atoms with Crippen LogP contribution in [-0.2, 0) is 9.53 Å². The van der Waals surface area contributed by atoms with Crippen LogP contribution in [0, 0.1) is 20.2 Å². The Kier molecular flexibility index (Phi) is 6.27. The Hall–Kier alpha value is -3.24. The maximum Gasteiger partial charge on any atom is 0.345 e. The van der Waals surface area contributed by atoms with Gasteiger partial charge < -0.3 is 10.1 Å². The number of benzene rings is 2. The van der Waals surface area contributed by atoms with Crippen LogP contribution in [0.4, 0.5) is 17.1 Å². The van der Waals surface area contributed by atoms with Gasteiger partial charge in [-0.05, 0) is 24.3 Å². The molecule has 10 nitrogen and oxygen atoms in total. The van der Waals surface area contributed by atoms with Crippen LogP contribution in [0.2, 0.25) is 10.0 Å². The predicted molar refractivity (Wildman–Crippen MR) is 95.1 cm³/mol. The van der Waals surface area contributed by atoms with Gasteiger partial charge in [0.25, 0.3) is 17.3 Å². The van der Waals surface area contributed by atoms with Crippen molar-refractivity contribution in [2.24, 2.45) is 0 Å². The maximum atomic E-state index is 12.0. The van der Waals surface area contributed by atoms with Gasteiger partial charge in [-0.1, -0.05) is 23.2 Å². The molecule has 0 saturated carbocycles. The molecule has 0 aliphatic heterocycles. The molecular formula is C15H9Cl2N3O7. The molecule has 0 aromatic heterocycles. The minimum Gasteiger partial charge on any atom is -0.452 e. The van der Waals surface area contributed by atoms with E-state index in [-0.39, 0.29) is 15.7 Å². The summed E-state index contributed by atoms with van der Waals surface area (Å²) in [5.41, 5.74) is -1.58. The van der Waals surface area contributed by atoms with Crippen LogP contribution >= 0.6 is 23.2 Å². The van der Waals surface area contributed by atoms with Crippen molar-refractivity contribution in [3.63, 3.8) is 0 Å². The molecule has 1 N–H and O–H groups in total. The third-order valence-electron chi connectivity index (χ3n) is 3.14. The van der Waals surface area contributed by atoms with Gasteiger partial charge in [0.05, 0.1) is 9.85 Å². The molecule has 0 atom stereocenters. The first kappa shape index (κ1) is 20.1. The number of rotatable bonds is 6. The average Bonchev–Trinajstić information content (AvgIpc) is 2.59. The Morgan fingerprint density at radius 2 is 1.56 bits per heavy atom. The number of amides is 1. The summed E-state index contributed by atoms with van der Waals surface area (Å²) in [7, 11) is 0. The van der Waals surface area contributed by atoms with Crippen LogP contribution in [0.5, 0.6) is 0 Å². The lowest BCUT2D eigenvalue weighted by atomic mass is 10.2. The number of nitrogens with one attached hydrogen (secondary N) is 1. The highest BCUT2D eigenvalue weighted by molar-refractivity contribution is 6.31. The van der Waals surface area contributed by atoms with Crippen molar-refractivity contribution in [1.82, 2.24) is 0 Å². The number of anilines is 1. The Labute approximate surface area is 160 Å². The highest BCUT2D eigenvalue weighted by atomic mass is 35.5. The van der Waals surface area contributed by atoms with Gasteiger partial charge in [0, 0.05) is 22.2 Å². The van der Waals surface area contributed by atoms with Gasteiger partial charge in [-0.3, -0.25) is 25.0 Å². The fourth-order valence-corrected chi connectivity index (χ4v) is 2.33. The van der Waals surface area contributed by atoms with Gasteiger partial charge in [-0.15, -0.1) is 0 Å². The molecule has 0 spiro atoms. The number of carbonyl (C=O) groups excluding carboxylic acids is 2. The summed E-state index contributed by atoms with van der Waals surface area (Å²) in [4.78, 5) is 44.3. The molecule has 140 valence electrons. The molecule has 0 bridgehead atoms. The number of ether oxygens (including phenoxy) is 1. The van der Waals surface area contributed by atoms with Crippen LogP contribution in [-0.4, -0.2) is 28.3 Å². The molecule has 12 heteroatoms. The monoisotopic (exact) mass is 413 g/mol. The average molecular weight is 414 g/mol. The van der Waals surface area contributed by atoms with Crippen molar-refractivity contribution in [3.8, 4) is 0 Å². The fourth-order valence-electron chi connectivity index (χ4n) is 1.99. The topological polar surface area (TPSA) is 142 Å². The van der Waals surface area contributed by atoms with E-state index in [1.165, 1.54) is 12.1 Å². The Bertz CT molecular complexity index is 949. The zero-order valence-electron chi connectivity index (χ0n) is 13.2. The van der Waals surface area contributed by atoms with Crippen LogP contribution < -0.4 is 5.32 Å². The third-order valence-corrected chi connectivity index (χ3v) is 3.61. The van der Waals surface area contributed by atoms with Gasteiger partial charge in [0.1, 0.15) is 11.3 Å². The van der Waals surface area contributed by atoms with Gasteiger partial charge in [0.15, 0.2) is 6.61 Å². The van der Waals surface area contributed by atoms with Crippen LogP contribution in [0.1, 0.15) is 10.4 Å². The number of nitro benzene ring substituents is 2. The smallest absolute Gasteiger partial charge is 0.345 e. The van der Waals surface area contributed by atoms with Crippen molar-refractivity contribution in [1.29, 1.82) is 0 Å². The molecule has 2 aromatic rings. The minimum absolute atomic E-state index is 0.0456. The van der Waals surface area contributed by atoms with E-state index in [0.29, 0.717) is 0 Å². The normalized spacial score (nSPS) is 10.1. The van der Waals surface area contributed by atoms with E-state index >= 15 is 0 Å². The Balaban J connectivity index is 2.09. The summed E-state index contributed by atoms with van der Waals surface area (Å²) >= 11 is 11.4. The molecule has 0 aliphatic rings. The van der Waals surface area contributed by atoms with Crippen LogP contribution in [0.3, 0.4) is 0 Å². The quantitative estimate of drug-likeness (QED) is 0.432. The number of hydrogen-bond acceptors (Lipinski definition) is 7.